The van der Waals surface area contributed by atoms with Gasteiger partial charge in [0.1, 0.15) is 0 Å². The first-order valence-corrected chi connectivity index (χ1v) is 9.55. The third kappa shape index (κ3) is 3.76. The van der Waals surface area contributed by atoms with Crippen LogP contribution < -0.4 is 10.6 Å². The molecular weight excluding hydrogens is 408 g/mol. The van der Waals surface area contributed by atoms with Crippen LogP contribution >= 0.6 is 11.3 Å². The molecule has 10 heteroatoms. The summed E-state index contributed by atoms with van der Waals surface area (Å²) in [6.07, 6.45) is 1.41. The number of carbonyl (C=O) groups excluding carboxylic acids is 2. The van der Waals surface area contributed by atoms with Gasteiger partial charge in [0.2, 0.25) is 0 Å². The van der Waals surface area contributed by atoms with Crippen molar-refractivity contribution >= 4 is 49.9 Å². The van der Waals surface area contributed by atoms with Gasteiger partial charge in [0.25, 0.3) is 17.5 Å². The summed E-state index contributed by atoms with van der Waals surface area (Å²) in [6.45, 7) is 1.54. The molecule has 0 aliphatic rings. The first-order chi connectivity index (χ1) is 14.4. The van der Waals surface area contributed by atoms with Gasteiger partial charge in [-0.15, -0.1) is 0 Å². The molecule has 0 saturated carbocycles. The first kappa shape index (κ1) is 19.3. The summed E-state index contributed by atoms with van der Waals surface area (Å²) in [5.41, 5.74) is 1.56. The molecule has 0 atom stereocenters. The number of fused-ring (bicyclic) bond motifs is 1. The van der Waals surface area contributed by atoms with Crippen molar-refractivity contribution in [2.75, 3.05) is 10.6 Å². The zero-order valence-electron chi connectivity index (χ0n) is 15.5. The fourth-order valence-electron chi connectivity index (χ4n) is 2.89. The molecule has 2 N–H and O–H groups in total. The van der Waals surface area contributed by atoms with Crippen LogP contribution in [0.2, 0.25) is 0 Å². The number of nitrogens with one attached hydrogen (secondary N) is 2. The van der Waals surface area contributed by atoms with Crippen LogP contribution in [0.4, 0.5) is 16.5 Å². The van der Waals surface area contributed by atoms with Crippen molar-refractivity contribution in [2.24, 2.45) is 0 Å². The third-order valence-electron chi connectivity index (χ3n) is 4.36. The minimum absolute atomic E-state index is 0.113. The molecule has 0 aliphatic carbocycles. The van der Waals surface area contributed by atoms with Crippen LogP contribution in [0.5, 0.6) is 0 Å². The van der Waals surface area contributed by atoms with E-state index in [-0.39, 0.29) is 17.0 Å². The second kappa shape index (κ2) is 7.76. The molecule has 30 heavy (non-hydrogen) atoms. The highest BCUT2D eigenvalue weighted by Gasteiger charge is 2.18. The number of anilines is 2. The Morgan fingerprint density at radius 3 is 2.67 bits per heavy atom. The fraction of sp³-hybridized carbons (Fsp3) is 0.0500. The lowest BCUT2D eigenvalue weighted by Gasteiger charge is -2.08. The van der Waals surface area contributed by atoms with E-state index in [0.717, 1.165) is 4.70 Å². The number of aromatic nitrogens is 1. The first-order valence-electron chi connectivity index (χ1n) is 8.73. The number of rotatable bonds is 5. The van der Waals surface area contributed by atoms with Gasteiger partial charge in [0.15, 0.2) is 10.9 Å². The smallest absolute Gasteiger partial charge is 0.293 e. The van der Waals surface area contributed by atoms with Crippen LogP contribution in [0.15, 0.2) is 59.2 Å². The molecule has 0 spiro atoms. The van der Waals surface area contributed by atoms with Gasteiger partial charge in [-0.2, -0.15) is 0 Å². The van der Waals surface area contributed by atoms with Crippen molar-refractivity contribution in [1.82, 2.24) is 4.98 Å². The second-order valence-corrected chi connectivity index (χ2v) is 7.32. The topological polar surface area (TPSA) is 127 Å². The summed E-state index contributed by atoms with van der Waals surface area (Å²) < 4.78 is 5.80. The molecule has 4 rings (SSSR count). The quantitative estimate of drug-likeness (QED) is 0.357. The maximum absolute atomic E-state index is 12.6. The van der Waals surface area contributed by atoms with Gasteiger partial charge in [-0.1, -0.05) is 17.4 Å². The lowest BCUT2D eigenvalue weighted by Crippen LogP contribution is -2.14. The number of nitro groups is 1. The van der Waals surface area contributed by atoms with Gasteiger partial charge in [0, 0.05) is 22.9 Å². The van der Waals surface area contributed by atoms with Crippen molar-refractivity contribution in [3.8, 4) is 0 Å². The Balaban J connectivity index is 1.54. The number of carbonyl (C=O) groups is 2. The fourth-order valence-corrected chi connectivity index (χ4v) is 3.79. The highest BCUT2D eigenvalue weighted by atomic mass is 32.1. The lowest BCUT2D eigenvalue weighted by atomic mass is 10.1. The number of hydrogen-bond donors (Lipinski definition) is 2. The van der Waals surface area contributed by atoms with E-state index in [9.17, 15) is 19.7 Å². The Morgan fingerprint density at radius 2 is 1.93 bits per heavy atom. The molecular formula is C20H14N4O5S. The van der Waals surface area contributed by atoms with E-state index in [1.54, 1.807) is 30.3 Å². The van der Waals surface area contributed by atoms with Crippen molar-refractivity contribution in [3.63, 3.8) is 0 Å². The highest BCUT2D eigenvalue weighted by Crippen LogP contribution is 2.29. The predicted molar refractivity (Wildman–Crippen MR) is 112 cm³/mol. The summed E-state index contributed by atoms with van der Waals surface area (Å²) in [5.74, 6) is -0.685. The predicted octanol–water partition coefficient (Wildman–Crippen LogP) is 4.61. The monoisotopic (exact) mass is 422 g/mol. The molecule has 0 unspecified atom stereocenters. The Labute approximate surface area is 173 Å². The molecule has 0 fully saturated rings. The van der Waals surface area contributed by atoms with Crippen LogP contribution in [0, 0.1) is 17.0 Å². The molecule has 150 valence electrons. The molecule has 0 bridgehead atoms. The summed E-state index contributed by atoms with van der Waals surface area (Å²) in [5, 5.41) is 16.9. The van der Waals surface area contributed by atoms with Crippen LogP contribution in [-0.2, 0) is 0 Å². The van der Waals surface area contributed by atoms with E-state index in [0.29, 0.717) is 21.9 Å². The third-order valence-corrected chi connectivity index (χ3v) is 5.29. The van der Waals surface area contributed by atoms with Crippen LogP contribution in [-0.4, -0.2) is 21.7 Å². The maximum Gasteiger partial charge on any atom is 0.293 e. The number of amides is 2. The van der Waals surface area contributed by atoms with E-state index in [1.807, 2.05) is 0 Å². The van der Waals surface area contributed by atoms with Gasteiger partial charge >= 0.3 is 0 Å². The molecule has 0 radical (unpaired) electrons. The normalized spacial score (nSPS) is 10.7. The number of thiazole rings is 1. The minimum atomic E-state index is -0.520. The summed E-state index contributed by atoms with van der Waals surface area (Å²) in [7, 11) is 0. The van der Waals surface area contributed by atoms with E-state index >= 15 is 0 Å². The Hall–Kier alpha value is -4.05. The van der Waals surface area contributed by atoms with E-state index in [1.165, 1.54) is 42.7 Å². The van der Waals surface area contributed by atoms with Gasteiger partial charge in [-0.25, -0.2) is 4.98 Å². The second-order valence-electron chi connectivity index (χ2n) is 6.29. The number of nitro benzene ring substituents is 1. The summed E-state index contributed by atoms with van der Waals surface area (Å²) in [6, 6.07) is 12.6. The van der Waals surface area contributed by atoms with Crippen molar-refractivity contribution < 1.29 is 18.9 Å². The molecule has 9 nitrogen and oxygen atoms in total. The zero-order valence-corrected chi connectivity index (χ0v) is 16.4. The van der Waals surface area contributed by atoms with E-state index < -0.39 is 16.7 Å². The Bertz CT molecular complexity index is 1280. The number of nitrogens with zero attached hydrogens (tertiary/aromatic N) is 2. The lowest BCUT2D eigenvalue weighted by molar-refractivity contribution is -0.385. The van der Waals surface area contributed by atoms with Gasteiger partial charge in [0.05, 0.1) is 21.4 Å². The van der Waals surface area contributed by atoms with Crippen molar-refractivity contribution in [3.05, 3.63) is 81.8 Å². The number of benzene rings is 2. The van der Waals surface area contributed by atoms with Crippen molar-refractivity contribution in [1.29, 1.82) is 0 Å². The maximum atomic E-state index is 12.6. The van der Waals surface area contributed by atoms with E-state index in [2.05, 4.69) is 15.6 Å². The standard InChI is InChI=1S/C20H14N4O5S/c1-11-13(4-2-5-15(11)24(27)28)18(25)21-12-7-8-14-17(10-12)30-20(22-14)23-19(26)16-6-3-9-29-16/h2-10H,1H3,(H,21,25)(H,22,23,26). The Morgan fingerprint density at radius 1 is 1.10 bits per heavy atom. The van der Waals surface area contributed by atoms with Crippen LogP contribution in [0.3, 0.4) is 0 Å². The highest BCUT2D eigenvalue weighted by molar-refractivity contribution is 7.22. The van der Waals surface area contributed by atoms with E-state index in [4.69, 9.17) is 4.42 Å². The average molecular weight is 422 g/mol. The summed E-state index contributed by atoms with van der Waals surface area (Å²) >= 11 is 1.24. The molecule has 2 heterocycles. The number of hydrogen-bond acceptors (Lipinski definition) is 7. The zero-order chi connectivity index (χ0) is 21.3. The molecule has 0 aliphatic heterocycles. The average Bonchev–Trinajstić information content (AvgIpc) is 3.37. The molecule has 2 aromatic heterocycles. The molecule has 0 saturated heterocycles. The van der Waals surface area contributed by atoms with Crippen molar-refractivity contribution in [2.45, 2.75) is 6.92 Å². The number of furan rings is 1. The van der Waals surface area contributed by atoms with Crippen LogP contribution in [0.1, 0.15) is 26.5 Å². The van der Waals surface area contributed by atoms with Gasteiger partial charge in [-0.05, 0) is 43.3 Å². The molecule has 2 aromatic carbocycles. The molecule has 2 amide bonds. The minimum Gasteiger partial charge on any atom is -0.459 e. The van der Waals surface area contributed by atoms with Gasteiger partial charge in [-0.3, -0.25) is 25.0 Å². The Kier molecular flexibility index (Phi) is 4.98. The largest absolute Gasteiger partial charge is 0.459 e. The van der Waals surface area contributed by atoms with Gasteiger partial charge < -0.3 is 9.73 Å². The van der Waals surface area contributed by atoms with Crippen LogP contribution in [0.25, 0.3) is 10.2 Å². The molecule has 4 aromatic rings. The summed E-state index contributed by atoms with van der Waals surface area (Å²) in [4.78, 5) is 39.6. The SMILES string of the molecule is Cc1c(C(=O)Nc2ccc3nc(NC(=O)c4ccco4)sc3c2)cccc1[N+](=O)[O-].